The molecule has 2 rings (SSSR count). The molecule has 1 atom stereocenters. The van der Waals surface area contributed by atoms with Crippen molar-refractivity contribution in [2.24, 2.45) is 0 Å². The molecule has 0 radical (unpaired) electrons. The summed E-state index contributed by atoms with van der Waals surface area (Å²) in [5.41, 5.74) is 2.41. The monoisotopic (exact) mass is 403 g/mol. The Morgan fingerprint density at radius 1 is 1.36 bits per heavy atom. The molecule has 1 aromatic carbocycles. The maximum Gasteiger partial charge on any atom is 0.241 e. The molecule has 0 fully saturated rings. The largest absolute Gasteiger partial charge is 0.349 e. The minimum absolute atomic E-state index is 0.106. The summed E-state index contributed by atoms with van der Waals surface area (Å²) >= 11 is 4.67. The van der Waals surface area contributed by atoms with Crippen LogP contribution in [-0.2, 0) is 21.4 Å². The molecule has 0 unspecified atom stereocenters. The van der Waals surface area contributed by atoms with E-state index in [1.807, 2.05) is 5.38 Å². The van der Waals surface area contributed by atoms with E-state index in [2.05, 4.69) is 31.0 Å². The van der Waals surface area contributed by atoms with E-state index < -0.39 is 22.0 Å². The minimum Gasteiger partial charge on any atom is -0.349 e. The maximum atomic E-state index is 12.2. The van der Waals surface area contributed by atoms with Gasteiger partial charge in [0.2, 0.25) is 15.9 Å². The third kappa shape index (κ3) is 4.60. The predicted molar refractivity (Wildman–Crippen MR) is 87.9 cm³/mol. The summed E-state index contributed by atoms with van der Waals surface area (Å²) in [6.45, 7) is 1.76. The van der Waals surface area contributed by atoms with Crippen LogP contribution in [0.2, 0.25) is 0 Å². The number of nitrogens with one attached hydrogen (secondary N) is 2. The molecule has 0 bridgehead atoms. The molecule has 1 aromatic heterocycles. The van der Waals surface area contributed by atoms with Crippen LogP contribution in [0, 0.1) is 0 Å². The van der Waals surface area contributed by atoms with Gasteiger partial charge in [-0.3, -0.25) is 4.79 Å². The van der Waals surface area contributed by atoms with Gasteiger partial charge >= 0.3 is 0 Å². The standard InChI is InChI=1S/C13H14BrN3O3S2/c1-9(13(18)15-6-11-7-21-8-16-11)17-22(19,20)12-4-2-10(14)3-5-12/h2-5,7-9,17H,6H2,1H3,(H,15,18)/t9-/m1/s1. The van der Waals surface area contributed by atoms with Crippen LogP contribution in [0.3, 0.4) is 0 Å². The smallest absolute Gasteiger partial charge is 0.241 e. The molecule has 118 valence electrons. The lowest BCUT2D eigenvalue weighted by Gasteiger charge is -2.14. The lowest BCUT2D eigenvalue weighted by Crippen LogP contribution is -2.44. The number of sulfonamides is 1. The fraction of sp³-hybridized carbons (Fsp3) is 0.231. The molecule has 2 aromatic rings. The lowest BCUT2D eigenvalue weighted by atomic mass is 10.3. The molecule has 0 aliphatic carbocycles. The Morgan fingerprint density at radius 2 is 2.05 bits per heavy atom. The second-order valence-electron chi connectivity index (χ2n) is 4.49. The zero-order valence-corrected chi connectivity index (χ0v) is 14.8. The van der Waals surface area contributed by atoms with E-state index in [4.69, 9.17) is 0 Å². The highest BCUT2D eigenvalue weighted by molar-refractivity contribution is 9.10. The SMILES string of the molecule is C[C@@H](NS(=O)(=O)c1ccc(Br)cc1)C(=O)NCc1cscn1. The highest BCUT2D eigenvalue weighted by atomic mass is 79.9. The molecule has 0 aliphatic heterocycles. The molecule has 9 heteroatoms. The maximum absolute atomic E-state index is 12.2. The zero-order chi connectivity index (χ0) is 16.2. The summed E-state index contributed by atoms with van der Waals surface area (Å²) in [4.78, 5) is 16.1. The highest BCUT2D eigenvalue weighted by Crippen LogP contribution is 2.14. The molecule has 0 aliphatic rings. The third-order valence-corrected chi connectivity index (χ3v) is 5.50. The van der Waals surface area contributed by atoms with Crippen molar-refractivity contribution < 1.29 is 13.2 Å². The van der Waals surface area contributed by atoms with Gasteiger partial charge in [0.25, 0.3) is 0 Å². The van der Waals surface area contributed by atoms with Gasteiger partial charge in [-0.15, -0.1) is 11.3 Å². The number of benzene rings is 1. The number of halogens is 1. The van der Waals surface area contributed by atoms with Crippen LogP contribution in [-0.4, -0.2) is 25.4 Å². The topological polar surface area (TPSA) is 88.2 Å². The van der Waals surface area contributed by atoms with Crippen molar-refractivity contribution >= 4 is 43.2 Å². The summed E-state index contributed by atoms with van der Waals surface area (Å²) in [5, 5.41) is 4.46. The van der Waals surface area contributed by atoms with Gasteiger partial charge < -0.3 is 5.32 Å². The van der Waals surface area contributed by atoms with Crippen molar-refractivity contribution in [2.45, 2.75) is 24.4 Å². The number of rotatable bonds is 6. The average molecular weight is 404 g/mol. The van der Waals surface area contributed by atoms with Gasteiger partial charge in [-0.2, -0.15) is 4.72 Å². The van der Waals surface area contributed by atoms with Crippen LogP contribution in [0.25, 0.3) is 0 Å². The molecular formula is C13H14BrN3O3S2. The van der Waals surface area contributed by atoms with Crippen molar-refractivity contribution in [1.29, 1.82) is 0 Å². The number of carbonyl (C=O) groups is 1. The lowest BCUT2D eigenvalue weighted by molar-refractivity contribution is -0.122. The van der Waals surface area contributed by atoms with E-state index in [9.17, 15) is 13.2 Å². The molecule has 6 nitrogen and oxygen atoms in total. The summed E-state index contributed by atoms with van der Waals surface area (Å²) in [5.74, 6) is -0.409. The number of carbonyl (C=O) groups excluding carboxylic acids is 1. The van der Waals surface area contributed by atoms with Crippen LogP contribution in [0.4, 0.5) is 0 Å². The Kier molecular flexibility index (Phi) is 5.68. The molecule has 0 saturated carbocycles. The molecule has 2 N–H and O–H groups in total. The Balaban J connectivity index is 1.96. The van der Waals surface area contributed by atoms with Crippen LogP contribution in [0.15, 0.2) is 44.5 Å². The fourth-order valence-corrected chi connectivity index (χ4v) is 3.65. The normalized spacial score (nSPS) is 12.8. The molecule has 0 spiro atoms. The summed E-state index contributed by atoms with van der Waals surface area (Å²) in [7, 11) is -3.74. The molecule has 1 heterocycles. The second-order valence-corrected chi connectivity index (χ2v) is 7.84. The number of nitrogens with zero attached hydrogens (tertiary/aromatic N) is 1. The van der Waals surface area contributed by atoms with Crippen molar-refractivity contribution in [3.8, 4) is 0 Å². The number of thiazole rings is 1. The van der Waals surface area contributed by atoms with E-state index in [-0.39, 0.29) is 11.4 Å². The average Bonchev–Trinajstić information content (AvgIpc) is 2.98. The zero-order valence-electron chi connectivity index (χ0n) is 11.6. The van der Waals surface area contributed by atoms with Gasteiger partial charge in [0, 0.05) is 9.85 Å². The Bertz CT molecular complexity index is 730. The number of hydrogen-bond donors (Lipinski definition) is 2. The molecule has 22 heavy (non-hydrogen) atoms. The van der Waals surface area contributed by atoms with Crippen LogP contribution in [0.5, 0.6) is 0 Å². The molecular weight excluding hydrogens is 390 g/mol. The van der Waals surface area contributed by atoms with Crippen molar-refractivity contribution in [2.75, 3.05) is 0 Å². The quantitative estimate of drug-likeness (QED) is 0.770. The summed E-state index contributed by atoms with van der Waals surface area (Å²) < 4.78 is 27.5. The van der Waals surface area contributed by atoms with E-state index in [0.29, 0.717) is 0 Å². The first-order chi connectivity index (χ1) is 10.4. The van der Waals surface area contributed by atoms with Gasteiger partial charge in [0.1, 0.15) is 0 Å². The first kappa shape index (κ1) is 17.1. The Hall–Kier alpha value is -1.29. The van der Waals surface area contributed by atoms with Crippen LogP contribution < -0.4 is 10.0 Å². The van der Waals surface area contributed by atoms with E-state index in [1.165, 1.54) is 30.4 Å². The Labute approximate surface area is 141 Å². The first-order valence-corrected chi connectivity index (χ1v) is 9.53. The number of aromatic nitrogens is 1. The van der Waals surface area contributed by atoms with Crippen molar-refractivity contribution in [3.05, 3.63) is 45.3 Å². The van der Waals surface area contributed by atoms with E-state index in [1.54, 1.807) is 17.6 Å². The van der Waals surface area contributed by atoms with Gasteiger partial charge in [-0.1, -0.05) is 15.9 Å². The second kappa shape index (κ2) is 7.32. The molecule has 1 amide bonds. The van der Waals surface area contributed by atoms with Gasteiger partial charge in [-0.05, 0) is 31.2 Å². The van der Waals surface area contributed by atoms with Crippen molar-refractivity contribution in [3.63, 3.8) is 0 Å². The van der Waals surface area contributed by atoms with Gasteiger partial charge in [-0.25, -0.2) is 13.4 Å². The van der Waals surface area contributed by atoms with E-state index in [0.717, 1.165) is 10.2 Å². The van der Waals surface area contributed by atoms with Crippen molar-refractivity contribution in [1.82, 2.24) is 15.0 Å². The highest BCUT2D eigenvalue weighted by Gasteiger charge is 2.21. The number of hydrogen-bond acceptors (Lipinski definition) is 5. The molecule has 0 saturated heterocycles. The predicted octanol–water partition coefficient (Wildman–Crippen LogP) is 1.89. The summed E-state index contributed by atoms with van der Waals surface area (Å²) in [6, 6.07) is 5.30. The minimum atomic E-state index is -3.74. The Morgan fingerprint density at radius 3 is 2.64 bits per heavy atom. The third-order valence-electron chi connectivity index (χ3n) is 2.78. The number of amides is 1. The fourth-order valence-electron chi connectivity index (χ4n) is 1.62. The summed E-state index contributed by atoms with van der Waals surface area (Å²) in [6.07, 6.45) is 0. The van der Waals surface area contributed by atoms with Crippen LogP contribution >= 0.6 is 27.3 Å². The van der Waals surface area contributed by atoms with Gasteiger partial charge in [0.05, 0.1) is 28.7 Å². The van der Waals surface area contributed by atoms with Gasteiger partial charge in [0.15, 0.2) is 0 Å². The van der Waals surface area contributed by atoms with E-state index >= 15 is 0 Å². The van der Waals surface area contributed by atoms with Crippen LogP contribution in [0.1, 0.15) is 12.6 Å². The first-order valence-electron chi connectivity index (χ1n) is 6.31.